The summed E-state index contributed by atoms with van der Waals surface area (Å²) in [7, 11) is 1.75. The first-order valence-electron chi connectivity index (χ1n) is 2.59. The van der Waals surface area contributed by atoms with Crippen LogP contribution in [0.1, 0.15) is 0 Å². The molecular formula is C5H8N4. The normalized spacial score (nSPS) is 9.00. The molecule has 0 aliphatic heterocycles. The van der Waals surface area contributed by atoms with Crippen LogP contribution in [0.5, 0.6) is 0 Å². The molecule has 1 rings (SSSR count). The first-order chi connectivity index (χ1) is 4.34. The summed E-state index contributed by atoms with van der Waals surface area (Å²) in [6.45, 7) is 0. The summed E-state index contributed by atoms with van der Waals surface area (Å²) in [6, 6.07) is 1.69. The molecule has 48 valence electrons. The molecule has 0 saturated heterocycles. The Bertz CT molecular complexity index is 198. The van der Waals surface area contributed by atoms with Crippen molar-refractivity contribution in [2.24, 2.45) is 0 Å². The first-order valence-corrected chi connectivity index (χ1v) is 2.59. The highest BCUT2D eigenvalue weighted by atomic mass is 15.2. The topological polar surface area (TPSA) is 63.8 Å². The van der Waals surface area contributed by atoms with E-state index >= 15 is 0 Å². The SMILES string of the molecule is CNc1nnccc1N. The van der Waals surface area contributed by atoms with Crippen LogP contribution in [0.15, 0.2) is 12.3 Å². The summed E-state index contributed by atoms with van der Waals surface area (Å²) < 4.78 is 0. The van der Waals surface area contributed by atoms with Gasteiger partial charge >= 0.3 is 0 Å². The summed E-state index contributed by atoms with van der Waals surface area (Å²) in [6.07, 6.45) is 1.55. The number of anilines is 2. The fraction of sp³-hybridized carbons (Fsp3) is 0.200. The van der Waals surface area contributed by atoms with Gasteiger partial charge in [0.05, 0.1) is 11.9 Å². The Morgan fingerprint density at radius 1 is 1.67 bits per heavy atom. The van der Waals surface area contributed by atoms with Crippen LogP contribution < -0.4 is 11.1 Å². The number of hydrogen-bond acceptors (Lipinski definition) is 4. The molecule has 3 N–H and O–H groups in total. The number of nitrogens with two attached hydrogens (primary N) is 1. The molecule has 0 amide bonds. The lowest BCUT2D eigenvalue weighted by Gasteiger charge is -1.98. The minimum atomic E-state index is 0.618. The van der Waals surface area contributed by atoms with Gasteiger partial charge in [-0.15, -0.1) is 5.10 Å². The van der Waals surface area contributed by atoms with Gasteiger partial charge in [0.15, 0.2) is 5.82 Å². The van der Waals surface area contributed by atoms with Gasteiger partial charge in [0.2, 0.25) is 0 Å². The van der Waals surface area contributed by atoms with Gasteiger partial charge in [-0.25, -0.2) is 0 Å². The largest absolute Gasteiger partial charge is 0.396 e. The van der Waals surface area contributed by atoms with Crippen molar-refractivity contribution in [3.8, 4) is 0 Å². The molecule has 1 heterocycles. The lowest BCUT2D eigenvalue weighted by Crippen LogP contribution is -1.98. The Kier molecular flexibility index (Phi) is 1.48. The number of rotatable bonds is 1. The number of nitrogens with one attached hydrogen (secondary N) is 1. The van der Waals surface area contributed by atoms with Crippen molar-refractivity contribution in [3.63, 3.8) is 0 Å². The monoisotopic (exact) mass is 124 g/mol. The second kappa shape index (κ2) is 2.30. The number of nitrogen functional groups attached to an aromatic ring is 1. The average molecular weight is 124 g/mol. The molecule has 0 aliphatic rings. The van der Waals surface area contributed by atoms with Gasteiger partial charge < -0.3 is 11.1 Å². The number of aromatic nitrogens is 2. The lowest BCUT2D eigenvalue weighted by molar-refractivity contribution is 1.03. The van der Waals surface area contributed by atoms with Crippen LogP contribution in [0.2, 0.25) is 0 Å². The van der Waals surface area contributed by atoms with E-state index in [0.717, 1.165) is 0 Å². The summed E-state index contributed by atoms with van der Waals surface area (Å²) in [4.78, 5) is 0. The smallest absolute Gasteiger partial charge is 0.171 e. The van der Waals surface area contributed by atoms with Gasteiger partial charge in [0.1, 0.15) is 0 Å². The molecule has 1 aromatic rings. The molecule has 4 heteroatoms. The molecule has 0 atom stereocenters. The van der Waals surface area contributed by atoms with E-state index in [1.165, 1.54) is 0 Å². The number of nitrogens with zero attached hydrogens (tertiary/aromatic N) is 2. The van der Waals surface area contributed by atoms with Crippen LogP contribution in [0, 0.1) is 0 Å². The van der Waals surface area contributed by atoms with Gasteiger partial charge in [-0.3, -0.25) is 0 Å². The van der Waals surface area contributed by atoms with Crippen molar-refractivity contribution >= 4 is 11.5 Å². The summed E-state index contributed by atoms with van der Waals surface area (Å²) >= 11 is 0. The van der Waals surface area contributed by atoms with E-state index in [9.17, 15) is 0 Å². The van der Waals surface area contributed by atoms with E-state index in [-0.39, 0.29) is 0 Å². The molecule has 0 saturated carbocycles. The Labute approximate surface area is 53.1 Å². The highest BCUT2D eigenvalue weighted by molar-refractivity contribution is 5.58. The second-order valence-corrected chi connectivity index (χ2v) is 1.59. The van der Waals surface area contributed by atoms with Crippen molar-refractivity contribution in [3.05, 3.63) is 12.3 Å². The molecule has 0 radical (unpaired) electrons. The molecule has 0 aliphatic carbocycles. The Morgan fingerprint density at radius 2 is 2.44 bits per heavy atom. The van der Waals surface area contributed by atoms with E-state index in [4.69, 9.17) is 5.73 Å². The van der Waals surface area contributed by atoms with Crippen molar-refractivity contribution in [2.45, 2.75) is 0 Å². The third-order valence-electron chi connectivity index (χ3n) is 0.989. The minimum absolute atomic E-state index is 0.618. The zero-order chi connectivity index (χ0) is 6.69. The standard InChI is InChI=1S/C5H8N4/c1-7-5-4(6)2-3-8-9-5/h2-3H,1H3,(H2,6,8)(H,7,9). The van der Waals surface area contributed by atoms with Crippen molar-refractivity contribution in [2.75, 3.05) is 18.1 Å². The molecule has 9 heavy (non-hydrogen) atoms. The quantitative estimate of drug-likeness (QED) is 0.557. The van der Waals surface area contributed by atoms with Crippen LogP contribution in [0.4, 0.5) is 11.5 Å². The highest BCUT2D eigenvalue weighted by Gasteiger charge is 1.92. The van der Waals surface area contributed by atoms with Crippen LogP contribution in [-0.4, -0.2) is 17.2 Å². The minimum Gasteiger partial charge on any atom is -0.396 e. The maximum atomic E-state index is 5.47. The lowest BCUT2D eigenvalue weighted by atomic mass is 10.4. The van der Waals surface area contributed by atoms with Crippen molar-refractivity contribution in [1.82, 2.24) is 10.2 Å². The van der Waals surface area contributed by atoms with Crippen LogP contribution in [0.25, 0.3) is 0 Å². The Balaban J connectivity index is 3.01. The maximum absolute atomic E-state index is 5.47. The Morgan fingerprint density at radius 3 is 2.89 bits per heavy atom. The van der Waals surface area contributed by atoms with Gasteiger partial charge in [-0.2, -0.15) is 5.10 Å². The first kappa shape index (κ1) is 5.81. The van der Waals surface area contributed by atoms with Crippen molar-refractivity contribution < 1.29 is 0 Å². The molecule has 4 nitrogen and oxygen atoms in total. The molecule has 0 spiro atoms. The van der Waals surface area contributed by atoms with Gasteiger partial charge in [0, 0.05) is 7.05 Å². The predicted molar refractivity (Wildman–Crippen MR) is 36.0 cm³/mol. The fourth-order valence-electron chi connectivity index (χ4n) is 0.536. The van der Waals surface area contributed by atoms with E-state index in [2.05, 4.69) is 15.5 Å². The van der Waals surface area contributed by atoms with Crippen LogP contribution in [0.3, 0.4) is 0 Å². The third-order valence-corrected chi connectivity index (χ3v) is 0.989. The van der Waals surface area contributed by atoms with E-state index in [1.807, 2.05) is 0 Å². The van der Waals surface area contributed by atoms with Crippen LogP contribution >= 0.6 is 0 Å². The van der Waals surface area contributed by atoms with Gasteiger partial charge in [-0.05, 0) is 6.07 Å². The van der Waals surface area contributed by atoms with Gasteiger partial charge in [0.25, 0.3) is 0 Å². The summed E-state index contributed by atoms with van der Waals surface area (Å²) in [5.74, 6) is 0.623. The Hall–Kier alpha value is -1.32. The fourth-order valence-corrected chi connectivity index (χ4v) is 0.536. The predicted octanol–water partition coefficient (Wildman–Crippen LogP) is 0.100. The molecule has 0 unspecified atom stereocenters. The molecule has 0 fully saturated rings. The van der Waals surface area contributed by atoms with Crippen LogP contribution in [-0.2, 0) is 0 Å². The molecule has 0 aromatic carbocycles. The third kappa shape index (κ3) is 1.07. The van der Waals surface area contributed by atoms with E-state index in [0.29, 0.717) is 11.5 Å². The molecule has 1 aromatic heterocycles. The van der Waals surface area contributed by atoms with E-state index in [1.54, 1.807) is 19.3 Å². The van der Waals surface area contributed by atoms with Gasteiger partial charge in [-0.1, -0.05) is 0 Å². The molecular weight excluding hydrogens is 116 g/mol. The van der Waals surface area contributed by atoms with Crippen molar-refractivity contribution in [1.29, 1.82) is 0 Å². The zero-order valence-electron chi connectivity index (χ0n) is 5.13. The molecule has 0 bridgehead atoms. The zero-order valence-corrected chi connectivity index (χ0v) is 5.13. The highest BCUT2D eigenvalue weighted by Crippen LogP contribution is 2.09. The van der Waals surface area contributed by atoms with E-state index < -0.39 is 0 Å². The number of hydrogen-bond donors (Lipinski definition) is 2. The maximum Gasteiger partial charge on any atom is 0.171 e. The summed E-state index contributed by atoms with van der Waals surface area (Å²) in [5, 5.41) is 10.1. The average Bonchev–Trinajstić information content (AvgIpc) is 1.89. The summed E-state index contributed by atoms with van der Waals surface area (Å²) in [5.41, 5.74) is 6.08. The second-order valence-electron chi connectivity index (χ2n) is 1.59.